The molecular formula is C8H7BINO2S. The quantitative estimate of drug-likeness (QED) is 0.413. The van der Waals surface area contributed by atoms with Crippen LogP contribution in [0.4, 0.5) is 5.69 Å². The van der Waals surface area contributed by atoms with Crippen LogP contribution in [-0.4, -0.2) is 17.2 Å². The molecule has 3 nitrogen and oxygen atoms in total. The first-order chi connectivity index (χ1) is 6.59. The molecule has 0 saturated carbocycles. The number of fused-ring (bicyclic) bond motifs is 1. The molecule has 0 unspecified atom stereocenters. The van der Waals surface area contributed by atoms with Crippen LogP contribution < -0.4 is 10.5 Å². The maximum atomic E-state index is 9.01. The summed E-state index contributed by atoms with van der Waals surface area (Å²) in [5.41, 5.74) is 6.57. The van der Waals surface area contributed by atoms with E-state index in [9.17, 15) is 0 Å². The van der Waals surface area contributed by atoms with E-state index in [1.807, 2.05) is 12.1 Å². The fraction of sp³-hybridized carbons (Fsp3) is 0. The monoisotopic (exact) mass is 319 g/mol. The third kappa shape index (κ3) is 1.62. The average molecular weight is 319 g/mol. The number of anilines is 1. The van der Waals surface area contributed by atoms with Gasteiger partial charge in [-0.15, -0.1) is 11.3 Å². The molecule has 1 heterocycles. The second-order valence-electron chi connectivity index (χ2n) is 2.90. The summed E-state index contributed by atoms with van der Waals surface area (Å²) < 4.78 is 2.48. The molecule has 0 bridgehead atoms. The van der Waals surface area contributed by atoms with Crippen molar-refractivity contribution in [1.82, 2.24) is 0 Å². The molecule has 14 heavy (non-hydrogen) atoms. The molecule has 0 saturated heterocycles. The van der Waals surface area contributed by atoms with Crippen molar-refractivity contribution in [3.63, 3.8) is 0 Å². The standard InChI is InChI=1S/C8H7BINO2S/c10-5-1-2-6-4(8(5)11)3-7(14-6)9(12)13/h1-3,12-13H,11H2. The Morgan fingerprint density at radius 2 is 2.07 bits per heavy atom. The van der Waals surface area contributed by atoms with Crippen LogP contribution in [0.2, 0.25) is 0 Å². The number of thiophene rings is 1. The predicted octanol–water partition coefficient (Wildman–Crippen LogP) is 0.768. The Morgan fingerprint density at radius 1 is 1.36 bits per heavy atom. The molecule has 1 aromatic heterocycles. The Kier molecular flexibility index (Phi) is 2.69. The van der Waals surface area contributed by atoms with Gasteiger partial charge < -0.3 is 15.8 Å². The molecule has 72 valence electrons. The summed E-state index contributed by atoms with van der Waals surface area (Å²) in [5.74, 6) is 0. The molecule has 1 aromatic carbocycles. The lowest BCUT2D eigenvalue weighted by Crippen LogP contribution is -2.26. The van der Waals surface area contributed by atoms with Crippen molar-refractivity contribution in [2.24, 2.45) is 0 Å². The van der Waals surface area contributed by atoms with Crippen LogP contribution in [0.3, 0.4) is 0 Å². The summed E-state index contributed by atoms with van der Waals surface area (Å²) in [7, 11) is -1.41. The van der Waals surface area contributed by atoms with Crippen LogP contribution in [-0.2, 0) is 0 Å². The van der Waals surface area contributed by atoms with Crippen molar-refractivity contribution in [2.75, 3.05) is 5.73 Å². The highest BCUT2D eigenvalue weighted by Crippen LogP contribution is 2.28. The van der Waals surface area contributed by atoms with Gasteiger partial charge in [-0.25, -0.2) is 0 Å². The lowest BCUT2D eigenvalue weighted by Gasteiger charge is -1.97. The summed E-state index contributed by atoms with van der Waals surface area (Å²) in [4.78, 5) is 0. The first kappa shape index (κ1) is 10.2. The molecule has 0 aliphatic heterocycles. The van der Waals surface area contributed by atoms with Crippen molar-refractivity contribution >= 4 is 61.6 Å². The second kappa shape index (κ2) is 3.69. The number of hydrogen-bond acceptors (Lipinski definition) is 4. The zero-order valence-electron chi connectivity index (χ0n) is 7.07. The van der Waals surface area contributed by atoms with Crippen LogP contribution in [0.25, 0.3) is 10.1 Å². The Morgan fingerprint density at radius 3 is 2.71 bits per heavy atom. The SMILES string of the molecule is Nc1c(I)ccc2sc(B(O)O)cc12. The number of hydrogen-bond donors (Lipinski definition) is 3. The van der Waals surface area contributed by atoms with Crippen molar-refractivity contribution in [2.45, 2.75) is 0 Å². The van der Waals surface area contributed by atoms with Gasteiger partial charge >= 0.3 is 7.12 Å². The maximum Gasteiger partial charge on any atom is 0.499 e. The van der Waals surface area contributed by atoms with E-state index in [-0.39, 0.29) is 0 Å². The van der Waals surface area contributed by atoms with Crippen molar-refractivity contribution in [3.8, 4) is 0 Å². The molecule has 0 amide bonds. The smallest absolute Gasteiger partial charge is 0.423 e. The van der Waals surface area contributed by atoms with E-state index in [0.29, 0.717) is 10.5 Å². The maximum absolute atomic E-state index is 9.01. The highest BCUT2D eigenvalue weighted by Gasteiger charge is 2.16. The van der Waals surface area contributed by atoms with Gasteiger partial charge in [0.1, 0.15) is 0 Å². The minimum atomic E-state index is -1.41. The Balaban J connectivity index is 2.71. The van der Waals surface area contributed by atoms with Crippen LogP contribution >= 0.6 is 33.9 Å². The van der Waals surface area contributed by atoms with Gasteiger partial charge in [0.25, 0.3) is 0 Å². The van der Waals surface area contributed by atoms with Gasteiger partial charge in [0.15, 0.2) is 0 Å². The Bertz CT molecular complexity index is 485. The zero-order valence-corrected chi connectivity index (χ0v) is 10.0. The van der Waals surface area contributed by atoms with E-state index in [1.165, 1.54) is 11.3 Å². The molecule has 2 aromatic rings. The molecular weight excluding hydrogens is 312 g/mol. The number of nitrogen functional groups attached to an aromatic ring is 1. The minimum absolute atomic E-state index is 0.522. The van der Waals surface area contributed by atoms with Crippen LogP contribution in [0, 0.1) is 3.57 Å². The predicted molar refractivity (Wildman–Crippen MR) is 68.8 cm³/mol. The summed E-state index contributed by atoms with van der Waals surface area (Å²) in [6, 6.07) is 5.58. The highest BCUT2D eigenvalue weighted by molar-refractivity contribution is 14.1. The van der Waals surface area contributed by atoms with Gasteiger partial charge in [0.05, 0.1) is 5.69 Å². The third-order valence-corrected chi connectivity index (χ3v) is 4.04. The van der Waals surface area contributed by atoms with E-state index < -0.39 is 7.12 Å². The van der Waals surface area contributed by atoms with Crippen molar-refractivity contribution in [3.05, 3.63) is 21.8 Å². The number of rotatable bonds is 1. The minimum Gasteiger partial charge on any atom is -0.423 e. The molecule has 0 spiro atoms. The van der Waals surface area contributed by atoms with E-state index in [1.54, 1.807) is 6.07 Å². The van der Waals surface area contributed by atoms with E-state index in [2.05, 4.69) is 22.6 Å². The van der Waals surface area contributed by atoms with E-state index in [0.717, 1.165) is 13.7 Å². The fourth-order valence-corrected chi connectivity index (χ4v) is 2.67. The van der Waals surface area contributed by atoms with Crippen LogP contribution in [0.15, 0.2) is 18.2 Å². The summed E-state index contributed by atoms with van der Waals surface area (Å²) in [5, 5.41) is 18.9. The third-order valence-electron chi connectivity index (χ3n) is 1.96. The number of benzene rings is 1. The lowest BCUT2D eigenvalue weighted by atomic mass is 9.89. The van der Waals surface area contributed by atoms with Crippen molar-refractivity contribution < 1.29 is 10.0 Å². The molecule has 0 radical (unpaired) electrons. The van der Waals surface area contributed by atoms with Gasteiger partial charge in [0, 0.05) is 18.4 Å². The largest absolute Gasteiger partial charge is 0.499 e. The Labute approximate surface area is 98.8 Å². The molecule has 0 atom stereocenters. The molecule has 6 heteroatoms. The highest BCUT2D eigenvalue weighted by atomic mass is 127. The van der Waals surface area contributed by atoms with E-state index in [4.69, 9.17) is 15.8 Å². The topological polar surface area (TPSA) is 66.5 Å². The fourth-order valence-electron chi connectivity index (χ4n) is 1.25. The summed E-state index contributed by atoms with van der Waals surface area (Å²) in [6.45, 7) is 0. The zero-order chi connectivity index (χ0) is 10.3. The van der Waals surface area contributed by atoms with Gasteiger partial charge in [-0.1, -0.05) is 0 Å². The summed E-state index contributed by atoms with van der Waals surface area (Å²) >= 11 is 3.50. The molecule has 4 N–H and O–H groups in total. The number of halogens is 1. The van der Waals surface area contributed by atoms with Gasteiger partial charge in [-0.05, 0) is 40.8 Å². The first-order valence-corrected chi connectivity index (χ1v) is 5.82. The Hall–Kier alpha value is -0.305. The van der Waals surface area contributed by atoms with Crippen molar-refractivity contribution in [1.29, 1.82) is 0 Å². The molecule has 0 fully saturated rings. The van der Waals surface area contributed by atoms with Gasteiger partial charge in [0.2, 0.25) is 0 Å². The van der Waals surface area contributed by atoms with Gasteiger partial charge in [-0.2, -0.15) is 0 Å². The van der Waals surface area contributed by atoms with Crippen LogP contribution in [0.1, 0.15) is 0 Å². The summed E-state index contributed by atoms with van der Waals surface area (Å²) in [6.07, 6.45) is 0. The van der Waals surface area contributed by atoms with E-state index >= 15 is 0 Å². The van der Waals surface area contributed by atoms with Gasteiger partial charge in [-0.3, -0.25) is 0 Å². The molecule has 0 aliphatic carbocycles. The second-order valence-corrected chi connectivity index (χ2v) is 5.17. The molecule has 2 rings (SSSR count). The first-order valence-electron chi connectivity index (χ1n) is 3.93. The average Bonchev–Trinajstić information content (AvgIpc) is 2.56. The number of nitrogens with two attached hydrogens (primary N) is 1. The normalized spacial score (nSPS) is 10.8. The van der Waals surface area contributed by atoms with Crippen LogP contribution in [0.5, 0.6) is 0 Å². The lowest BCUT2D eigenvalue weighted by molar-refractivity contribution is 0.427. The molecule has 0 aliphatic rings.